The number of benzene rings is 1. The first-order valence-electron chi connectivity index (χ1n) is 6.70. The summed E-state index contributed by atoms with van der Waals surface area (Å²) in [7, 11) is 0. The largest absolute Gasteiger partial charge is 0.384 e. The Labute approximate surface area is 105 Å². The van der Waals surface area contributed by atoms with E-state index in [9.17, 15) is 0 Å². The molecule has 0 bridgehead atoms. The summed E-state index contributed by atoms with van der Waals surface area (Å²) in [6.07, 6.45) is 1.20. The van der Waals surface area contributed by atoms with Gasteiger partial charge in [0.2, 0.25) is 0 Å². The van der Waals surface area contributed by atoms with Crippen LogP contribution in [0.15, 0.2) is 18.2 Å². The Morgan fingerprint density at radius 2 is 2.24 bits per heavy atom. The molecule has 1 unspecified atom stereocenters. The highest BCUT2D eigenvalue weighted by molar-refractivity contribution is 5.58. The van der Waals surface area contributed by atoms with Gasteiger partial charge in [0, 0.05) is 12.2 Å². The molecule has 17 heavy (non-hydrogen) atoms. The molecule has 1 aliphatic heterocycles. The van der Waals surface area contributed by atoms with Gasteiger partial charge in [0.25, 0.3) is 0 Å². The molecule has 0 amide bonds. The van der Waals surface area contributed by atoms with Gasteiger partial charge in [-0.25, -0.2) is 0 Å². The third-order valence-corrected chi connectivity index (χ3v) is 3.42. The highest BCUT2D eigenvalue weighted by Crippen LogP contribution is 2.27. The fraction of sp³-hybridized carbons (Fsp3) is 0.600. The van der Waals surface area contributed by atoms with Crippen LogP contribution in [-0.2, 0) is 6.42 Å². The molecule has 2 N–H and O–H groups in total. The number of aryl methyl sites for hydroxylation is 1. The number of fused-ring (bicyclic) bond motifs is 1. The van der Waals surface area contributed by atoms with Crippen molar-refractivity contribution in [1.29, 1.82) is 0 Å². The SMILES string of the molecule is Cc1cccc2c1NCC(CNCC(C)C)C2. The van der Waals surface area contributed by atoms with Crippen LogP contribution in [0.3, 0.4) is 0 Å². The molecule has 1 atom stereocenters. The second-order valence-electron chi connectivity index (χ2n) is 5.61. The summed E-state index contributed by atoms with van der Waals surface area (Å²) in [6.45, 7) is 10.0. The minimum Gasteiger partial charge on any atom is -0.384 e. The first kappa shape index (κ1) is 12.4. The van der Waals surface area contributed by atoms with Crippen molar-refractivity contribution in [2.24, 2.45) is 11.8 Å². The van der Waals surface area contributed by atoms with E-state index in [1.54, 1.807) is 0 Å². The molecule has 0 spiro atoms. The van der Waals surface area contributed by atoms with E-state index >= 15 is 0 Å². The number of nitrogens with one attached hydrogen (secondary N) is 2. The van der Waals surface area contributed by atoms with Gasteiger partial charge < -0.3 is 10.6 Å². The lowest BCUT2D eigenvalue weighted by molar-refractivity contribution is 0.455. The highest BCUT2D eigenvalue weighted by atomic mass is 14.9. The summed E-state index contributed by atoms with van der Waals surface area (Å²) in [5.74, 6) is 1.46. The molecular formula is C15H24N2. The van der Waals surface area contributed by atoms with Crippen molar-refractivity contribution in [2.45, 2.75) is 27.2 Å². The third-order valence-electron chi connectivity index (χ3n) is 3.42. The summed E-state index contributed by atoms with van der Waals surface area (Å²) in [6, 6.07) is 6.60. The van der Waals surface area contributed by atoms with E-state index in [4.69, 9.17) is 0 Å². The van der Waals surface area contributed by atoms with Crippen molar-refractivity contribution >= 4 is 5.69 Å². The molecule has 2 heteroatoms. The molecule has 2 nitrogen and oxygen atoms in total. The third kappa shape index (κ3) is 3.22. The molecule has 94 valence electrons. The van der Waals surface area contributed by atoms with Gasteiger partial charge >= 0.3 is 0 Å². The molecule has 1 aromatic rings. The van der Waals surface area contributed by atoms with E-state index in [1.807, 2.05) is 0 Å². The van der Waals surface area contributed by atoms with Gasteiger partial charge in [0.1, 0.15) is 0 Å². The van der Waals surface area contributed by atoms with Crippen LogP contribution in [0, 0.1) is 18.8 Å². The number of hydrogen-bond acceptors (Lipinski definition) is 2. The van der Waals surface area contributed by atoms with Gasteiger partial charge in [-0.3, -0.25) is 0 Å². The average molecular weight is 232 g/mol. The van der Waals surface area contributed by atoms with Crippen LogP contribution in [0.5, 0.6) is 0 Å². The summed E-state index contributed by atoms with van der Waals surface area (Å²) < 4.78 is 0. The Morgan fingerprint density at radius 3 is 3.00 bits per heavy atom. The maximum atomic E-state index is 3.58. The zero-order valence-electron chi connectivity index (χ0n) is 11.2. The van der Waals surface area contributed by atoms with Crippen LogP contribution < -0.4 is 10.6 Å². The Hall–Kier alpha value is -1.02. The van der Waals surface area contributed by atoms with Crippen molar-refractivity contribution < 1.29 is 0 Å². The van der Waals surface area contributed by atoms with Crippen LogP contribution in [0.25, 0.3) is 0 Å². The first-order chi connectivity index (χ1) is 8.16. The zero-order valence-corrected chi connectivity index (χ0v) is 11.2. The van der Waals surface area contributed by atoms with Crippen LogP contribution >= 0.6 is 0 Å². The molecule has 1 aliphatic rings. The summed E-state index contributed by atoms with van der Waals surface area (Å²) in [4.78, 5) is 0. The predicted octanol–water partition coefficient (Wildman–Crippen LogP) is 2.82. The van der Waals surface area contributed by atoms with E-state index in [0.717, 1.165) is 31.5 Å². The van der Waals surface area contributed by atoms with Gasteiger partial charge in [-0.2, -0.15) is 0 Å². The lowest BCUT2D eigenvalue weighted by Gasteiger charge is -2.28. The van der Waals surface area contributed by atoms with Crippen molar-refractivity contribution in [3.8, 4) is 0 Å². The molecule has 0 saturated carbocycles. The van der Waals surface area contributed by atoms with E-state index in [0.29, 0.717) is 0 Å². The maximum Gasteiger partial charge on any atom is 0.0402 e. The minimum atomic E-state index is 0.725. The van der Waals surface area contributed by atoms with Crippen molar-refractivity contribution in [1.82, 2.24) is 5.32 Å². The van der Waals surface area contributed by atoms with Gasteiger partial charge in [-0.05, 0) is 49.4 Å². The fourth-order valence-electron chi connectivity index (χ4n) is 2.50. The van der Waals surface area contributed by atoms with Crippen LogP contribution in [0.1, 0.15) is 25.0 Å². The summed E-state index contributed by atoms with van der Waals surface area (Å²) in [5.41, 5.74) is 4.22. The molecule has 1 heterocycles. The molecule has 0 aromatic heterocycles. The number of hydrogen-bond donors (Lipinski definition) is 2. The monoisotopic (exact) mass is 232 g/mol. The van der Waals surface area contributed by atoms with Crippen LogP contribution in [-0.4, -0.2) is 19.6 Å². The van der Waals surface area contributed by atoms with E-state index in [2.05, 4.69) is 49.6 Å². The van der Waals surface area contributed by atoms with Gasteiger partial charge in [0.05, 0.1) is 0 Å². The summed E-state index contributed by atoms with van der Waals surface area (Å²) in [5, 5.41) is 7.14. The second-order valence-corrected chi connectivity index (χ2v) is 5.61. The first-order valence-corrected chi connectivity index (χ1v) is 6.70. The fourth-order valence-corrected chi connectivity index (χ4v) is 2.50. The molecular weight excluding hydrogens is 208 g/mol. The molecule has 0 aliphatic carbocycles. The maximum absolute atomic E-state index is 3.58. The van der Waals surface area contributed by atoms with Crippen LogP contribution in [0.2, 0.25) is 0 Å². The lowest BCUT2D eigenvalue weighted by atomic mass is 9.92. The quantitative estimate of drug-likeness (QED) is 0.834. The predicted molar refractivity (Wildman–Crippen MR) is 74.6 cm³/mol. The van der Waals surface area contributed by atoms with Crippen LogP contribution in [0.4, 0.5) is 5.69 Å². The molecule has 0 saturated heterocycles. The van der Waals surface area contributed by atoms with Crippen molar-refractivity contribution in [3.05, 3.63) is 29.3 Å². The molecule has 1 aromatic carbocycles. The van der Waals surface area contributed by atoms with E-state index in [-0.39, 0.29) is 0 Å². The Morgan fingerprint density at radius 1 is 1.41 bits per heavy atom. The molecule has 0 fully saturated rings. The number of para-hydroxylation sites is 1. The van der Waals surface area contributed by atoms with Gasteiger partial charge in [-0.15, -0.1) is 0 Å². The highest BCUT2D eigenvalue weighted by Gasteiger charge is 2.18. The standard InChI is InChI=1S/C15H24N2/c1-11(2)8-16-9-13-7-14-6-4-5-12(3)15(14)17-10-13/h4-6,11,13,16-17H,7-10H2,1-3H3. The summed E-state index contributed by atoms with van der Waals surface area (Å²) >= 11 is 0. The Balaban J connectivity index is 1.90. The van der Waals surface area contributed by atoms with Gasteiger partial charge in [-0.1, -0.05) is 32.0 Å². The average Bonchev–Trinajstić information content (AvgIpc) is 2.29. The molecule has 2 rings (SSSR count). The van der Waals surface area contributed by atoms with Gasteiger partial charge in [0.15, 0.2) is 0 Å². The lowest BCUT2D eigenvalue weighted by Crippen LogP contribution is -2.34. The Kier molecular flexibility index (Phi) is 4.06. The topological polar surface area (TPSA) is 24.1 Å². The smallest absolute Gasteiger partial charge is 0.0402 e. The number of rotatable bonds is 4. The van der Waals surface area contributed by atoms with Crippen molar-refractivity contribution in [2.75, 3.05) is 25.0 Å². The minimum absolute atomic E-state index is 0.725. The number of anilines is 1. The van der Waals surface area contributed by atoms with E-state index < -0.39 is 0 Å². The second kappa shape index (κ2) is 5.54. The van der Waals surface area contributed by atoms with E-state index in [1.165, 1.54) is 23.2 Å². The normalized spacial score (nSPS) is 18.9. The Bertz CT molecular complexity index is 371. The van der Waals surface area contributed by atoms with Crippen molar-refractivity contribution in [3.63, 3.8) is 0 Å². The zero-order chi connectivity index (χ0) is 12.3. The molecule has 0 radical (unpaired) electrons.